The minimum Gasteiger partial charge on any atom is -0.206 e. The van der Waals surface area contributed by atoms with Gasteiger partial charge in [-0.05, 0) is 46.4 Å². The van der Waals surface area contributed by atoms with Crippen molar-refractivity contribution in [2.45, 2.75) is 11.8 Å². The van der Waals surface area contributed by atoms with E-state index in [1.807, 2.05) is 0 Å². The third-order valence-electron chi connectivity index (χ3n) is 2.29. The van der Waals surface area contributed by atoms with Gasteiger partial charge in [0, 0.05) is 3.57 Å². The number of benzene rings is 1. The Hall–Kier alpha value is -0.660. The summed E-state index contributed by atoms with van der Waals surface area (Å²) in [5.74, 6) is -10.2. The summed E-state index contributed by atoms with van der Waals surface area (Å²) in [7, 11) is 0. The van der Waals surface area contributed by atoms with Crippen molar-refractivity contribution in [3.8, 4) is 0 Å². The lowest BCUT2D eigenvalue weighted by Gasteiger charge is -2.29. The summed E-state index contributed by atoms with van der Waals surface area (Å²) >= 11 is 1.73. The molecule has 1 aromatic carbocycles. The standard InChI is InChI=1S/C10H4F5I/c11-7-4-6(16)3-5-1-2-9(12,13)10(14,15)8(5)7/h1-4H. The molecule has 0 unspecified atom stereocenters. The van der Waals surface area contributed by atoms with Crippen LogP contribution in [0.15, 0.2) is 18.2 Å². The van der Waals surface area contributed by atoms with Gasteiger partial charge in [0.05, 0.1) is 5.56 Å². The summed E-state index contributed by atoms with van der Waals surface area (Å²) in [5.41, 5.74) is -1.44. The number of rotatable bonds is 0. The maximum absolute atomic E-state index is 13.3. The first-order valence-corrected chi connectivity index (χ1v) is 5.28. The lowest BCUT2D eigenvalue weighted by atomic mass is 9.91. The van der Waals surface area contributed by atoms with Crippen LogP contribution in [0.4, 0.5) is 22.0 Å². The molecule has 1 aliphatic carbocycles. The van der Waals surface area contributed by atoms with Crippen LogP contribution >= 0.6 is 22.6 Å². The van der Waals surface area contributed by atoms with Gasteiger partial charge in [-0.3, -0.25) is 0 Å². The predicted octanol–water partition coefficient (Wildman–Crippen LogP) is 4.18. The highest BCUT2D eigenvalue weighted by atomic mass is 127. The van der Waals surface area contributed by atoms with E-state index in [1.54, 1.807) is 22.6 Å². The third kappa shape index (κ3) is 1.54. The Morgan fingerprint density at radius 1 is 1.06 bits per heavy atom. The molecular formula is C10H4F5I. The SMILES string of the molecule is Fc1cc(I)cc2c1C(F)(F)C(F)(F)C=C2. The zero-order valence-corrected chi connectivity index (χ0v) is 9.73. The van der Waals surface area contributed by atoms with E-state index in [0.717, 1.165) is 12.1 Å². The molecule has 0 nitrogen and oxygen atoms in total. The van der Waals surface area contributed by atoms with Crippen molar-refractivity contribution >= 4 is 28.7 Å². The number of hydrogen-bond donors (Lipinski definition) is 0. The summed E-state index contributed by atoms with van der Waals surface area (Å²) in [6, 6.07) is 2.04. The molecule has 0 saturated heterocycles. The van der Waals surface area contributed by atoms with E-state index in [0.29, 0.717) is 3.57 Å². The monoisotopic (exact) mass is 346 g/mol. The van der Waals surface area contributed by atoms with Crippen LogP contribution in [-0.2, 0) is 5.92 Å². The first-order valence-electron chi connectivity index (χ1n) is 4.20. The molecule has 1 aromatic rings. The maximum Gasteiger partial charge on any atom is 0.342 e. The Morgan fingerprint density at radius 3 is 2.31 bits per heavy atom. The molecule has 2 rings (SSSR count). The Balaban J connectivity index is 2.75. The normalized spacial score (nSPS) is 20.6. The van der Waals surface area contributed by atoms with Gasteiger partial charge in [0.1, 0.15) is 5.82 Å². The molecule has 86 valence electrons. The van der Waals surface area contributed by atoms with Crippen molar-refractivity contribution in [2.24, 2.45) is 0 Å². The quantitative estimate of drug-likeness (QED) is 0.488. The van der Waals surface area contributed by atoms with Gasteiger partial charge in [-0.2, -0.15) is 17.6 Å². The number of hydrogen-bond acceptors (Lipinski definition) is 0. The van der Waals surface area contributed by atoms with Crippen LogP contribution in [0.1, 0.15) is 11.1 Å². The molecule has 0 aromatic heterocycles. The number of allylic oxidation sites excluding steroid dienone is 1. The molecule has 0 bridgehead atoms. The number of halogens is 6. The molecule has 0 N–H and O–H groups in total. The minimum atomic E-state index is -4.51. The highest BCUT2D eigenvalue weighted by Crippen LogP contribution is 2.49. The van der Waals surface area contributed by atoms with E-state index < -0.39 is 23.2 Å². The summed E-state index contributed by atoms with van der Waals surface area (Å²) in [6.45, 7) is 0. The lowest BCUT2D eigenvalue weighted by Crippen LogP contribution is -2.39. The van der Waals surface area contributed by atoms with E-state index in [9.17, 15) is 22.0 Å². The molecule has 0 amide bonds. The second kappa shape index (κ2) is 3.41. The van der Waals surface area contributed by atoms with Gasteiger partial charge in [0.2, 0.25) is 0 Å². The average Bonchev–Trinajstić information content (AvgIpc) is 2.11. The smallest absolute Gasteiger partial charge is 0.206 e. The first-order chi connectivity index (χ1) is 7.25. The van der Waals surface area contributed by atoms with Gasteiger partial charge < -0.3 is 0 Å². The minimum absolute atomic E-state index is 0.102. The average molecular weight is 346 g/mol. The van der Waals surface area contributed by atoms with Crippen molar-refractivity contribution in [1.82, 2.24) is 0 Å². The van der Waals surface area contributed by atoms with E-state index >= 15 is 0 Å². The van der Waals surface area contributed by atoms with Crippen LogP contribution in [0.25, 0.3) is 6.08 Å². The second-order valence-corrected chi connectivity index (χ2v) is 4.63. The fourth-order valence-electron chi connectivity index (χ4n) is 1.52. The molecule has 6 heteroatoms. The predicted molar refractivity (Wildman–Crippen MR) is 57.0 cm³/mol. The Kier molecular flexibility index (Phi) is 2.52. The van der Waals surface area contributed by atoms with Crippen LogP contribution in [0.2, 0.25) is 0 Å². The maximum atomic E-state index is 13.3. The highest BCUT2D eigenvalue weighted by Gasteiger charge is 2.59. The molecule has 1 aliphatic rings. The molecule has 0 aliphatic heterocycles. The van der Waals surface area contributed by atoms with E-state index in [2.05, 4.69) is 0 Å². The van der Waals surface area contributed by atoms with Crippen molar-refractivity contribution in [3.63, 3.8) is 0 Å². The summed E-state index contributed by atoms with van der Waals surface area (Å²) in [6.07, 6.45) is 0.919. The number of alkyl halides is 4. The Morgan fingerprint density at radius 2 is 1.69 bits per heavy atom. The fourth-order valence-corrected chi connectivity index (χ4v) is 2.13. The van der Waals surface area contributed by atoms with Crippen LogP contribution in [-0.4, -0.2) is 5.92 Å². The van der Waals surface area contributed by atoms with Crippen LogP contribution in [0.3, 0.4) is 0 Å². The first kappa shape index (κ1) is 11.8. The van der Waals surface area contributed by atoms with E-state index in [-0.39, 0.29) is 11.6 Å². The molecule has 0 fully saturated rings. The van der Waals surface area contributed by atoms with Crippen LogP contribution < -0.4 is 0 Å². The lowest BCUT2D eigenvalue weighted by molar-refractivity contribution is -0.189. The summed E-state index contributed by atoms with van der Waals surface area (Å²) in [4.78, 5) is 0. The molecule has 0 radical (unpaired) electrons. The zero-order valence-electron chi connectivity index (χ0n) is 7.58. The van der Waals surface area contributed by atoms with Crippen molar-refractivity contribution < 1.29 is 22.0 Å². The zero-order chi connectivity index (χ0) is 12.1. The highest BCUT2D eigenvalue weighted by molar-refractivity contribution is 14.1. The van der Waals surface area contributed by atoms with Crippen LogP contribution in [0, 0.1) is 9.39 Å². The van der Waals surface area contributed by atoms with Crippen LogP contribution in [0.5, 0.6) is 0 Å². The molecular weight excluding hydrogens is 342 g/mol. The van der Waals surface area contributed by atoms with Gasteiger partial charge in [-0.15, -0.1) is 0 Å². The Labute approximate surface area is 101 Å². The number of fused-ring (bicyclic) bond motifs is 1. The molecule has 0 saturated carbocycles. The van der Waals surface area contributed by atoms with Gasteiger partial charge in [-0.1, -0.05) is 6.08 Å². The van der Waals surface area contributed by atoms with Gasteiger partial charge in [-0.25, -0.2) is 4.39 Å². The van der Waals surface area contributed by atoms with Gasteiger partial charge in [0.15, 0.2) is 0 Å². The van der Waals surface area contributed by atoms with Gasteiger partial charge in [0.25, 0.3) is 0 Å². The van der Waals surface area contributed by atoms with Crippen molar-refractivity contribution in [2.75, 3.05) is 0 Å². The Bertz CT molecular complexity index is 478. The topological polar surface area (TPSA) is 0 Å². The molecule has 16 heavy (non-hydrogen) atoms. The largest absolute Gasteiger partial charge is 0.342 e. The van der Waals surface area contributed by atoms with Crippen molar-refractivity contribution in [3.05, 3.63) is 38.7 Å². The fraction of sp³-hybridized carbons (Fsp3) is 0.200. The molecule has 0 atom stereocenters. The second-order valence-electron chi connectivity index (χ2n) is 3.38. The van der Waals surface area contributed by atoms with Crippen molar-refractivity contribution in [1.29, 1.82) is 0 Å². The summed E-state index contributed by atoms with van der Waals surface area (Å²) < 4.78 is 66.2. The van der Waals surface area contributed by atoms with E-state index in [4.69, 9.17) is 0 Å². The molecule has 0 spiro atoms. The third-order valence-corrected chi connectivity index (χ3v) is 2.91. The summed E-state index contributed by atoms with van der Waals surface area (Å²) in [5, 5.41) is 0. The van der Waals surface area contributed by atoms with Gasteiger partial charge >= 0.3 is 11.8 Å². The van der Waals surface area contributed by atoms with E-state index in [1.165, 1.54) is 6.07 Å². The molecule has 0 heterocycles.